The molecule has 0 saturated carbocycles. The van der Waals surface area contributed by atoms with Gasteiger partial charge in [0.05, 0.1) is 33.5 Å². The summed E-state index contributed by atoms with van der Waals surface area (Å²) in [6, 6.07) is 37.7. The minimum absolute atomic E-state index is 0.00546. The van der Waals surface area contributed by atoms with Crippen molar-refractivity contribution in [3.05, 3.63) is 171 Å². The van der Waals surface area contributed by atoms with E-state index in [0.29, 0.717) is 22.8 Å². The van der Waals surface area contributed by atoms with Crippen LogP contribution >= 0.6 is 11.6 Å². The van der Waals surface area contributed by atoms with Crippen LogP contribution in [0.1, 0.15) is 33.4 Å². The third-order valence-electron chi connectivity index (χ3n) is 8.84. The Bertz CT molecular complexity index is 1830. The normalized spacial score (nSPS) is 20.5. The van der Waals surface area contributed by atoms with Crippen LogP contribution < -0.4 is 4.74 Å². The summed E-state index contributed by atoms with van der Waals surface area (Å²) in [7, 11) is 2.84. The summed E-state index contributed by atoms with van der Waals surface area (Å²) in [5.74, 6) is -3.73. The van der Waals surface area contributed by atoms with Gasteiger partial charge < -0.3 is 28.4 Å². The van der Waals surface area contributed by atoms with Crippen LogP contribution in [-0.2, 0) is 55.7 Å². The molecule has 9 heteroatoms. The molecule has 4 atom stereocenters. The number of hydrogen-bond donors (Lipinski definition) is 0. The molecule has 6 nitrogen and oxygen atoms in total. The van der Waals surface area contributed by atoms with E-state index < -0.39 is 35.7 Å². The molecule has 1 heterocycles. The van der Waals surface area contributed by atoms with E-state index in [0.717, 1.165) is 16.7 Å². The maximum Gasteiger partial charge on any atom is 0.224 e. The Balaban J connectivity index is 1.38. The zero-order chi connectivity index (χ0) is 34.9. The predicted octanol–water partition coefficient (Wildman–Crippen LogP) is 8.80. The number of hydrogen-bond acceptors (Lipinski definition) is 6. The van der Waals surface area contributed by atoms with Crippen LogP contribution in [0.2, 0.25) is 5.02 Å². The number of rotatable bonds is 14. The summed E-state index contributed by atoms with van der Waals surface area (Å²) in [4.78, 5) is 0. The summed E-state index contributed by atoms with van der Waals surface area (Å²) < 4.78 is 67.6. The Morgan fingerprint density at radius 3 is 1.84 bits per heavy atom. The molecule has 0 N–H and O–H groups in total. The molecule has 4 unspecified atom stereocenters. The van der Waals surface area contributed by atoms with Gasteiger partial charge in [-0.2, -0.15) is 4.39 Å². The van der Waals surface area contributed by atoms with E-state index in [1.54, 1.807) is 25.3 Å². The van der Waals surface area contributed by atoms with Gasteiger partial charge in [-0.3, -0.25) is 0 Å². The first-order chi connectivity index (χ1) is 24.4. The Hall–Kier alpha value is -4.15. The highest BCUT2D eigenvalue weighted by atomic mass is 35.5. The Morgan fingerprint density at radius 1 is 0.680 bits per heavy atom. The number of methoxy groups -OCH3 is 2. The van der Waals surface area contributed by atoms with Crippen LogP contribution in [0.5, 0.6) is 5.75 Å². The molecule has 1 fully saturated rings. The van der Waals surface area contributed by atoms with Crippen molar-refractivity contribution in [1.29, 1.82) is 0 Å². The highest BCUT2D eigenvalue weighted by molar-refractivity contribution is 6.31. The smallest absolute Gasteiger partial charge is 0.224 e. The zero-order valence-corrected chi connectivity index (χ0v) is 28.7. The fourth-order valence-electron chi connectivity index (χ4n) is 6.18. The lowest BCUT2D eigenvalue weighted by Gasteiger charge is -2.49. The van der Waals surface area contributed by atoms with Gasteiger partial charge in [-0.15, -0.1) is 0 Å². The van der Waals surface area contributed by atoms with Gasteiger partial charge in [0.1, 0.15) is 18.3 Å². The molecule has 6 rings (SSSR count). The number of ether oxygens (including phenoxy) is 6. The van der Waals surface area contributed by atoms with Gasteiger partial charge >= 0.3 is 0 Å². The second-order valence-corrected chi connectivity index (χ2v) is 12.4. The van der Waals surface area contributed by atoms with Crippen molar-refractivity contribution in [2.75, 3.05) is 20.8 Å². The van der Waals surface area contributed by atoms with E-state index in [9.17, 15) is 4.39 Å². The standard InChI is InChI=1S/C41H39ClF2O6/c1-45-35-21-18-31(37(43)38(35)44)22-32-23-33(19-20-34(32)42)41(46-2)40(49-26-30-16-10-5-11-17-30)39(48-25-29-14-8-4-9-15-29)36(27-50-41)47-24-28-12-6-3-7-13-28/h3-21,23,36,39-40H,22,24-27H2,1-2H3. The molecule has 5 aromatic carbocycles. The molecule has 260 valence electrons. The molecule has 1 aliphatic rings. The van der Waals surface area contributed by atoms with E-state index in [-0.39, 0.29) is 37.6 Å². The first-order valence-corrected chi connectivity index (χ1v) is 16.7. The molecule has 5 aromatic rings. The fraction of sp³-hybridized carbons (Fsp3) is 0.268. The van der Waals surface area contributed by atoms with Gasteiger partial charge in [0.25, 0.3) is 0 Å². The van der Waals surface area contributed by atoms with Gasteiger partial charge in [0.2, 0.25) is 11.6 Å². The molecule has 1 aliphatic heterocycles. The number of halogens is 3. The maximum atomic E-state index is 15.1. The van der Waals surface area contributed by atoms with E-state index in [1.807, 2.05) is 91.0 Å². The lowest BCUT2D eigenvalue weighted by atomic mass is 9.88. The molecule has 0 bridgehead atoms. The maximum absolute atomic E-state index is 15.1. The minimum Gasteiger partial charge on any atom is -0.494 e. The van der Waals surface area contributed by atoms with Crippen molar-refractivity contribution in [1.82, 2.24) is 0 Å². The van der Waals surface area contributed by atoms with Gasteiger partial charge in [0, 0.05) is 24.1 Å². The van der Waals surface area contributed by atoms with Crippen molar-refractivity contribution in [3.8, 4) is 5.75 Å². The van der Waals surface area contributed by atoms with Crippen LogP contribution in [0.4, 0.5) is 8.78 Å². The van der Waals surface area contributed by atoms with Crippen LogP contribution in [-0.4, -0.2) is 39.1 Å². The first kappa shape index (κ1) is 35.7. The second kappa shape index (κ2) is 16.7. The van der Waals surface area contributed by atoms with E-state index in [4.69, 9.17) is 40.0 Å². The molecular formula is C41H39ClF2O6. The third-order valence-corrected chi connectivity index (χ3v) is 9.21. The van der Waals surface area contributed by atoms with Crippen LogP contribution in [0.25, 0.3) is 0 Å². The molecule has 0 aliphatic carbocycles. The topological polar surface area (TPSA) is 55.4 Å². The first-order valence-electron chi connectivity index (χ1n) is 16.4. The summed E-state index contributed by atoms with van der Waals surface area (Å²) >= 11 is 6.67. The predicted molar refractivity (Wildman–Crippen MR) is 187 cm³/mol. The van der Waals surface area contributed by atoms with Crippen molar-refractivity contribution in [2.24, 2.45) is 0 Å². The van der Waals surface area contributed by atoms with Gasteiger partial charge in [-0.1, -0.05) is 115 Å². The van der Waals surface area contributed by atoms with Crippen LogP contribution in [0.3, 0.4) is 0 Å². The quantitative estimate of drug-likeness (QED) is 0.115. The average Bonchev–Trinajstić information content (AvgIpc) is 3.16. The Kier molecular flexibility index (Phi) is 11.9. The molecule has 0 aromatic heterocycles. The molecular weight excluding hydrogens is 662 g/mol. The van der Waals surface area contributed by atoms with Crippen molar-refractivity contribution < 1.29 is 37.2 Å². The lowest BCUT2D eigenvalue weighted by Crippen LogP contribution is -2.62. The van der Waals surface area contributed by atoms with Crippen molar-refractivity contribution >= 4 is 11.6 Å². The van der Waals surface area contributed by atoms with E-state index in [1.165, 1.54) is 19.2 Å². The fourth-order valence-corrected chi connectivity index (χ4v) is 6.36. The summed E-state index contributed by atoms with van der Waals surface area (Å²) in [6.07, 6.45) is -2.05. The highest BCUT2D eigenvalue weighted by Gasteiger charge is 2.55. The summed E-state index contributed by atoms with van der Waals surface area (Å²) in [5, 5.41) is 0.370. The SMILES string of the molecule is COc1ccc(Cc2cc(C3(OC)OCC(OCc4ccccc4)C(OCc4ccccc4)C3OCc3ccccc3)ccc2Cl)c(F)c1F. The van der Waals surface area contributed by atoms with E-state index in [2.05, 4.69) is 0 Å². The van der Waals surface area contributed by atoms with Gasteiger partial charge in [-0.25, -0.2) is 4.39 Å². The van der Waals surface area contributed by atoms with Crippen LogP contribution in [0, 0.1) is 11.6 Å². The highest BCUT2D eigenvalue weighted by Crippen LogP contribution is 2.42. The average molecular weight is 701 g/mol. The molecule has 0 spiro atoms. The second-order valence-electron chi connectivity index (χ2n) is 12.0. The Labute approximate surface area is 296 Å². The molecule has 0 amide bonds. The van der Waals surface area contributed by atoms with Crippen LogP contribution in [0.15, 0.2) is 121 Å². The molecule has 0 radical (unpaired) electrons. The Morgan fingerprint density at radius 2 is 1.26 bits per heavy atom. The van der Waals surface area contributed by atoms with Gasteiger partial charge in [0.15, 0.2) is 11.6 Å². The summed E-state index contributed by atoms with van der Waals surface area (Å²) in [6.45, 7) is 0.964. The van der Waals surface area contributed by atoms with Gasteiger partial charge in [-0.05, 0) is 46.0 Å². The zero-order valence-electron chi connectivity index (χ0n) is 27.9. The monoisotopic (exact) mass is 700 g/mol. The number of benzene rings is 5. The van der Waals surface area contributed by atoms with E-state index >= 15 is 4.39 Å². The third kappa shape index (κ3) is 8.08. The van der Waals surface area contributed by atoms with Crippen molar-refractivity contribution in [3.63, 3.8) is 0 Å². The minimum atomic E-state index is -1.49. The molecule has 50 heavy (non-hydrogen) atoms. The van der Waals surface area contributed by atoms with Crippen molar-refractivity contribution in [2.45, 2.75) is 50.3 Å². The summed E-state index contributed by atoms with van der Waals surface area (Å²) in [5.41, 5.74) is 4.16. The largest absolute Gasteiger partial charge is 0.494 e. The lowest BCUT2D eigenvalue weighted by molar-refractivity contribution is -0.360. The molecule has 1 saturated heterocycles.